The number of fused-ring (bicyclic) bond motifs is 1. The van der Waals surface area contributed by atoms with Crippen LogP contribution in [0.5, 0.6) is 0 Å². The fourth-order valence-electron chi connectivity index (χ4n) is 3.16. The number of oxazole rings is 2. The maximum absolute atomic E-state index is 12.4. The van der Waals surface area contributed by atoms with Crippen LogP contribution in [0.1, 0.15) is 5.69 Å². The minimum Gasteiger partial charge on any atom is -0.444 e. The van der Waals surface area contributed by atoms with Crippen LogP contribution in [0, 0.1) is 0 Å². The molecule has 1 amide bonds. The summed E-state index contributed by atoms with van der Waals surface area (Å²) in [4.78, 5) is 21.2. The minimum absolute atomic E-state index is 0.128. The van der Waals surface area contributed by atoms with E-state index in [1.54, 1.807) is 0 Å². The monoisotopic (exact) mass is 395 g/mol. The van der Waals surface area contributed by atoms with E-state index in [1.165, 1.54) is 6.26 Å². The van der Waals surface area contributed by atoms with E-state index in [9.17, 15) is 4.79 Å². The molecule has 0 radical (unpaired) electrons. The molecule has 0 saturated carbocycles. The molecule has 5 rings (SSSR count). The van der Waals surface area contributed by atoms with Gasteiger partial charge in [0.05, 0.1) is 12.1 Å². The summed E-state index contributed by atoms with van der Waals surface area (Å²) < 4.78 is 11.3. The van der Waals surface area contributed by atoms with Gasteiger partial charge in [0.25, 0.3) is 0 Å². The van der Waals surface area contributed by atoms with Crippen molar-refractivity contribution in [1.29, 1.82) is 0 Å². The molecule has 0 aliphatic heterocycles. The van der Waals surface area contributed by atoms with Crippen molar-refractivity contribution in [2.45, 2.75) is 6.42 Å². The lowest BCUT2D eigenvalue weighted by atomic mass is 10.2. The van der Waals surface area contributed by atoms with Crippen LogP contribution < -0.4 is 5.32 Å². The van der Waals surface area contributed by atoms with Gasteiger partial charge in [-0.15, -0.1) is 0 Å². The Balaban J connectivity index is 1.25. The fourth-order valence-corrected chi connectivity index (χ4v) is 3.16. The summed E-state index contributed by atoms with van der Waals surface area (Å²) in [6, 6.07) is 24.6. The van der Waals surface area contributed by atoms with Crippen LogP contribution in [0.15, 0.2) is 94.0 Å². The van der Waals surface area contributed by atoms with Gasteiger partial charge in [0.2, 0.25) is 17.7 Å². The molecule has 30 heavy (non-hydrogen) atoms. The molecule has 0 fully saturated rings. The molecule has 6 nitrogen and oxygen atoms in total. The number of hydrogen-bond donors (Lipinski definition) is 1. The molecule has 0 aliphatic rings. The Bertz CT molecular complexity index is 1270. The molecule has 2 aromatic heterocycles. The zero-order valence-corrected chi connectivity index (χ0v) is 15.9. The largest absolute Gasteiger partial charge is 0.444 e. The van der Waals surface area contributed by atoms with E-state index in [0.29, 0.717) is 23.2 Å². The smallest absolute Gasteiger partial charge is 0.230 e. The van der Waals surface area contributed by atoms with Gasteiger partial charge in [-0.1, -0.05) is 30.3 Å². The third-order valence-electron chi connectivity index (χ3n) is 4.62. The zero-order valence-electron chi connectivity index (χ0n) is 15.9. The Hall–Kier alpha value is -4.19. The number of anilines is 1. The van der Waals surface area contributed by atoms with Crippen molar-refractivity contribution >= 4 is 22.7 Å². The third-order valence-corrected chi connectivity index (χ3v) is 4.62. The molecule has 0 unspecified atom stereocenters. The standard InChI is InChI=1S/C24H17N3O3/c28-22(14-19-15-29-23(26-19)16-6-2-1-3-7-16)25-18-12-10-17(11-13-18)24-27-20-8-4-5-9-21(20)30-24/h1-13,15H,14H2,(H,25,28). The predicted octanol–water partition coefficient (Wildman–Crippen LogP) is 5.33. The first kappa shape index (κ1) is 17.9. The second-order valence-electron chi connectivity index (χ2n) is 6.80. The lowest BCUT2D eigenvalue weighted by molar-refractivity contribution is -0.115. The van der Waals surface area contributed by atoms with Crippen molar-refractivity contribution in [3.05, 3.63) is 90.8 Å². The average Bonchev–Trinajstić information content (AvgIpc) is 3.42. The quantitative estimate of drug-likeness (QED) is 0.435. The number of hydrogen-bond acceptors (Lipinski definition) is 5. The number of nitrogens with zero attached hydrogens (tertiary/aromatic N) is 2. The number of rotatable bonds is 5. The summed E-state index contributed by atoms with van der Waals surface area (Å²) in [6.45, 7) is 0. The number of benzene rings is 3. The first-order valence-electron chi connectivity index (χ1n) is 9.50. The van der Waals surface area contributed by atoms with Crippen molar-refractivity contribution in [2.75, 3.05) is 5.32 Å². The summed E-state index contributed by atoms with van der Waals surface area (Å²) in [7, 11) is 0. The van der Waals surface area contributed by atoms with Crippen molar-refractivity contribution in [3.63, 3.8) is 0 Å². The highest BCUT2D eigenvalue weighted by molar-refractivity contribution is 5.92. The Labute approximate surface area is 172 Å². The van der Waals surface area contributed by atoms with Crippen molar-refractivity contribution in [2.24, 2.45) is 0 Å². The van der Waals surface area contributed by atoms with Gasteiger partial charge in [0.1, 0.15) is 11.8 Å². The Morgan fingerprint density at radius 1 is 0.800 bits per heavy atom. The average molecular weight is 395 g/mol. The van der Waals surface area contributed by atoms with E-state index < -0.39 is 0 Å². The second kappa shape index (κ2) is 7.67. The Morgan fingerprint density at radius 2 is 1.53 bits per heavy atom. The lowest BCUT2D eigenvalue weighted by Gasteiger charge is -2.04. The molecule has 1 N–H and O–H groups in total. The molecular formula is C24H17N3O3. The maximum atomic E-state index is 12.4. The van der Waals surface area contributed by atoms with Gasteiger partial charge in [-0.2, -0.15) is 0 Å². The molecule has 6 heteroatoms. The number of aromatic nitrogens is 2. The van der Waals surface area contributed by atoms with E-state index >= 15 is 0 Å². The number of carbonyl (C=O) groups is 1. The van der Waals surface area contributed by atoms with Crippen LogP contribution >= 0.6 is 0 Å². The summed E-state index contributed by atoms with van der Waals surface area (Å²) in [6.07, 6.45) is 1.64. The van der Waals surface area contributed by atoms with E-state index in [4.69, 9.17) is 8.83 Å². The highest BCUT2D eigenvalue weighted by Gasteiger charge is 2.12. The van der Waals surface area contributed by atoms with E-state index in [2.05, 4.69) is 15.3 Å². The summed E-state index contributed by atoms with van der Waals surface area (Å²) in [5, 5.41) is 2.87. The van der Waals surface area contributed by atoms with Gasteiger partial charge in [-0.3, -0.25) is 4.79 Å². The van der Waals surface area contributed by atoms with Crippen LogP contribution in [-0.2, 0) is 11.2 Å². The molecule has 5 aromatic rings. The molecule has 0 aliphatic carbocycles. The third kappa shape index (κ3) is 3.71. The van der Waals surface area contributed by atoms with Gasteiger partial charge in [-0.25, -0.2) is 9.97 Å². The van der Waals surface area contributed by atoms with E-state index in [1.807, 2.05) is 78.9 Å². The lowest BCUT2D eigenvalue weighted by Crippen LogP contribution is -2.14. The van der Waals surface area contributed by atoms with Gasteiger partial charge >= 0.3 is 0 Å². The SMILES string of the molecule is O=C(Cc1coc(-c2ccccc2)n1)Nc1ccc(-c2nc3ccccc3o2)cc1. The van der Waals surface area contributed by atoms with Crippen LogP contribution in [0.3, 0.4) is 0 Å². The van der Waals surface area contributed by atoms with Crippen LogP contribution in [0.2, 0.25) is 0 Å². The maximum Gasteiger partial charge on any atom is 0.230 e. The molecule has 0 spiro atoms. The molecule has 0 bridgehead atoms. The molecule has 0 atom stereocenters. The summed E-state index contributed by atoms with van der Waals surface area (Å²) in [5.74, 6) is 0.878. The minimum atomic E-state index is -0.169. The van der Waals surface area contributed by atoms with Crippen LogP contribution in [-0.4, -0.2) is 15.9 Å². The zero-order chi connectivity index (χ0) is 20.3. The molecule has 3 aromatic carbocycles. The van der Waals surface area contributed by atoms with Crippen molar-refractivity contribution in [1.82, 2.24) is 9.97 Å². The second-order valence-corrected chi connectivity index (χ2v) is 6.80. The summed E-state index contributed by atoms with van der Waals surface area (Å²) in [5.41, 5.74) is 4.54. The Kier molecular flexibility index (Phi) is 4.57. The van der Waals surface area contributed by atoms with Gasteiger partial charge in [0.15, 0.2) is 5.58 Å². The van der Waals surface area contributed by atoms with Crippen LogP contribution in [0.4, 0.5) is 5.69 Å². The van der Waals surface area contributed by atoms with Gasteiger partial charge < -0.3 is 14.2 Å². The molecule has 2 heterocycles. The van der Waals surface area contributed by atoms with Crippen molar-refractivity contribution < 1.29 is 13.6 Å². The van der Waals surface area contributed by atoms with Crippen LogP contribution in [0.25, 0.3) is 34.0 Å². The molecule has 146 valence electrons. The molecule has 0 saturated heterocycles. The predicted molar refractivity (Wildman–Crippen MR) is 114 cm³/mol. The van der Waals surface area contributed by atoms with Gasteiger partial charge in [0, 0.05) is 16.8 Å². The van der Waals surface area contributed by atoms with E-state index in [-0.39, 0.29) is 12.3 Å². The van der Waals surface area contributed by atoms with Crippen molar-refractivity contribution in [3.8, 4) is 22.9 Å². The Morgan fingerprint density at radius 3 is 2.33 bits per heavy atom. The normalized spacial score (nSPS) is 10.9. The highest BCUT2D eigenvalue weighted by Crippen LogP contribution is 2.25. The summed E-state index contributed by atoms with van der Waals surface area (Å²) >= 11 is 0. The van der Waals surface area contributed by atoms with E-state index in [0.717, 1.165) is 22.2 Å². The first-order chi connectivity index (χ1) is 14.7. The number of para-hydroxylation sites is 2. The first-order valence-corrected chi connectivity index (χ1v) is 9.50. The number of amides is 1. The van der Waals surface area contributed by atoms with Gasteiger partial charge in [-0.05, 0) is 48.5 Å². The number of nitrogens with one attached hydrogen (secondary N) is 1. The highest BCUT2D eigenvalue weighted by atomic mass is 16.3. The number of carbonyl (C=O) groups excluding carboxylic acids is 1. The topological polar surface area (TPSA) is 81.2 Å². The fraction of sp³-hybridized carbons (Fsp3) is 0.0417. The molecular weight excluding hydrogens is 378 g/mol.